The minimum atomic E-state index is -0.221. The molecule has 3 aromatic rings. The van der Waals surface area contributed by atoms with Gasteiger partial charge in [0.1, 0.15) is 11.8 Å². The lowest BCUT2D eigenvalue weighted by atomic mass is 9.98. The Bertz CT molecular complexity index is 1060. The quantitative estimate of drug-likeness (QED) is 0.700. The van der Waals surface area contributed by atoms with Gasteiger partial charge in [0, 0.05) is 31.1 Å². The van der Waals surface area contributed by atoms with E-state index in [1.807, 2.05) is 42.5 Å². The maximum atomic E-state index is 12.6. The average molecular weight is 387 g/mol. The van der Waals surface area contributed by atoms with Crippen LogP contribution in [0, 0.1) is 17.8 Å². The van der Waals surface area contributed by atoms with Crippen molar-refractivity contribution in [2.45, 2.75) is 0 Å². The predicted octanol–water partition coefficient (Wildman–Crippen LogP) is 2.64. The van der Waals surface area contributed by atoms with Crippen LogP contribution < -0.4 is 10.2 Å². The minimum Gasteiger partial charge on any atom is -0.369 e. The molecule has 1 N–H and O–H groups in total. The molecule has 148 valence electrons. The molecule has 1 aliphatic heterocycles. The summed E-state index contributed by atoms with van der Waals surface area (Å²) in [6.07, 6.45) is 1.59. The fraction of sp³-hybridized carbons (Fsp3) is 0.304. The number of hydrogen-bond acceptors (Lipinski definition) is 4. The maximum absolute atomic E-state index is 12.6. The highest BCUT2D eigenvalue weighted by molar-refractivity contribution is 5.95. The van der Waals surface area contributed by atoms with E-state index in [0.717, 1.165) is 41.9 Å². The first-order valence-electron chi connectivity index (χ1n) is 9.79. The Morgan fingerprint density at radius 3 is 2.72 bits per heavy atom. The van der Waals surface area contributed by atoms with Gasteiger partial charge in [-0.05, 0) is 38.4 Å². The second-order valence-corrected chi connectivity index (χ2v) is 7.62. The van der Waals surface area contributed by atoms with Crippen LogP contribution >= 0.6 is 0 Å². The lowest BCUT2D eigenvalue weighted by Crippen LogP contribution is -2.50. The second kappa shape index (κ2) is 8.38. The summed E-state index contributed by atoms with van der Waals surface area (Å²) in [6.45, 7) is 3.41. The molecule has 0 aliphatic carbocycles. The number of benzene rings is 2. The van der Waals surface area contributed by atoms with Crippen LogP contribution in [0.15, 0.2) is 54.9 Å². The van der Waals surface area contributed by atoms with E-state index in [1.54, 1.807) is 10.9 Å². The zero-order chi connectivity index (χ0) is 20.2. The van der Waals surface area contributed by atoms with Crippen LogP contribution in [0.2, 0.25) is 0 Å². The zero-order valence-corrected chi connectivity index (χ0v) is 16.8. The van der Waals surface area contributed by atoms with Gasteiger partial charge in [-0.25, -0.2) is 9.78 Å². The first-order chi connectivity index (χ1) is 14.1. The number of anilines is 1. The molecule has 0 bridgehead atoms. The summed E-state index contributed by atoms with van der Waals surface area (Å²) in [7, 11) is 4.21. The van der Waals surface area contributed by atoms with E-state index in [-0.39, 0.29) is 12.6 Å². The number of amides is 1. The topological polar surface area (TPSA) is 53.4 Å². The number of aromatic nitrogens is 2. The number of imidazole rings is 1. The van der Waals surface area contributed by atoms with Crippen LogP contribution in [0.5, 0.6) is 0 Å². The van der Waals surface area contributed by atoms with E-state index < -0.39 is 0 Å². The first-order valence-corrected chi connectivity index (χ1v) is 9.79. The molecule has 2 heterocycles. The molecule has 2 aromatic carbocycles. The molecule has 4 rings (SSSR count). The standard InChI is InChI=1S/C23H25N5O/c1-26(2)14-19-15-27(16-19)20-11-6-12-21-22(20)25-17-28(21)23(29)24-13-7-10-18-8-4-3-5-9-18/h3-6,8-9,11-12,17,19H,13-16H2,1-2H3,(H,24,29). The maximum Gasteiger partial charge on any atom is 0.328 e. The van der Waals surface area contributed by atoms with Crippen LogP contribution in [-0.2, 0) is 0 Å². The summed E-state index contributed by atoms with van der Waals surface area (Å²) >= 11 is 0. The molecule has 29 heavy (non-hydrogen) atoms. The Balaban J connectivity index is 1.42. The number of nitrogens with one attached hydrogen (secondary N) is 1. The van der Waals surface area contributed by atoms with Gasteiger partial charge in [-0.1, -0.05) is 36.1 Å². The van der Waals surface area contributed by atoms with Crippen molar-refractivity contribution < 1.29 is 4.79 Å². The van der Waals surface area contributed by atoms with Crippen molar-refractivity contribution in [1.82, 2.24) is 19.8 Å². The molecule has 1 fully saturated rings. The smallest absolute Gasteiger partial charge is 0.328 e. The van der Waals surface area contributed by atoms with Crippen molar-refractivity contribution in [2.24, 2.45) is 5.92 Å². The average Bonchev–Trinajstić information content (AvgIpc) is 3.13. The Morgan fingerprint density at radius 1 is 1.17 bits per heavy atom. The normalized spacial score (nSPS) is 13.8. The second-order valence-electron chi connectivity index (χ2n) is 7.62. The van der Waals surface area contributed by atoms with Gasteiger partial charge >= 0.3 is 6.03 Å². The van der Waals surface area contributed by atoms with Crippen molar-refractivity contribution in [3.8, 4) is 11.8 Å². The van der Waals surface area contributed by atoms with Gasteiger partial charge in [-0.15, -0.1) is 0 Å². The monoisotopic (exact) mass is 387 g/mol. The van der Waals surface area contributed by atoms with E-state index in [0.29, 0.717) is 5.92 Å². The third-order valence-electron chi connectivity index (χ3n) is 5.03. The number of hydrogen-bond donors (Lipinski definition) is 1. The zero-order valence-electron chi connectivity index (χ0n) is 16.8. The van der Waals surface area contributed by atoms with E-state index in [4.69, 9.17) is 0 Å². The highest BCUT2D eigenvalue weighted by atomic mass is 16.2. The summed E-state index contributed by atoms with van der Waals surface area (Å²) in [5.74, 6) is 6.70. The molecule has 0 saturated carbocycles. The SMILES string of the molecule is CN(C)CC1CN(c2cccc3c2ncn3C(=O)NCC#Cc2ccccc2)C1. The largest absolute Gasteiger partial charge is 0.369 e. The van der Waals surface area contributed by atoms with Crippen LogP contribution in [0.4, 0.5) is 10.5 Å². The van der Waals surface area contributed by atoms with Gasteiger partial charge in [0.05, 0.1) is 17.7 Å². The molecule has 0 unspecified atom stereocenters. The number of carbonyl (C=O) groups is 1. The number of nitrogens with zero attached hydrogens (tertiary/aromatic N) is 4. The molecule has 1 aliphatic rings. The molecule has 0 spiro atoms. The Labute approximate surface area is 171 Å². The first kappa shape index (κ1) is 19.0. The van der Waals surface area contributed by atoms with Gasteiger partial charge in [-0.3, -0.25) is 4.57 Å². The summed E-state index contributed by atoms with van der Waals surface area (Å²) in [4.78, 5) is 21.7. The van der Waals surface area contributed by atoms with Gasteiger partial charge in [0.25, 0.3) is 0 Å². The summed E-state index contributed by atoms with van der Waals surface area (Å²) < 4.78 is 1.56. The third-order valence-corrected chi connectivity index (χ3v) is 5.03. The lowest BCUT2D eigenvalue weighted by molar-refractivity contribution is 0.244. The third kappa shape index (κ3) is 4.25. The fourth-order valence-electron chi connectivity index (χ4n) is 3.71. The van der Waals surface area contributed by atoms with Gasteiger partial charge in [-0.2, -0.15) is 0 Å². The molecular formula is C23H25N5O. The van der Waals surface area contributed by atoms with Crippen LogP contribution in [-0.4, -0.2) is 60.8 Å². The number of fused-ring (bicyclic) bond motifs is 1. The minimum absolute atomic E-state index is 0.221. The van der Waals surface area contributed by atoms with Crippen molar-refractivity contribution in [2.75, 3.05) is 45.2 Å². The predicted molar refractivity (Wildman–Crippen MR) is 116 cm³/mol. The molecule has 1 aromatic heterocycles. The lowest BCUT2D eigenvalue weighted by Gasteiger charge is -2.42. The fourth-order valence-corrected chi connectivity index (χ4v) is 3.71. The Morgan fingerprint density at radius 2 is 1.97 bits per heavy atom. The number of para-hydroxylation sites is 1. The van der Waals surface area contributed by atoms with E-state index in [9.17, 15) is 4.79 Å². The van der Waals surface area contributed by atoms with Gasteiger partial charge < -0.3 is 15.1 Å². The Kier molecular flexibility index (Phi) is 5.50. The highest BCUT2D eigenvalue weighted by Crippen LogP contribution is 2.31. The Hall–Kier alpha value is -3.30. The van der Waals surface area contributed by atoms with Crippen LogP contribution in [0.1, 0.15) is 5.56 Å². The van der Waals surface area contributed by atoms with E-state index in [2.05, 4.69) is 52.1 Å². The summed E-state index contributed by atoms with van der Waals surface area (Å²) in [5.41, 5.74) is 3.70. The molecule has 0 radical (unpaired) electrons. The van der Waals surface area contributed by atoms with Crippen molar-refractivity contribution in [1.29, 1.82) is 0 Å². The molecular weight excluding hydrogens is 362 g/mol. The van der Waals surface area contributed by atoms with Crippen molar-refractivity contribution in [3.05, 3.63) is 60.4 Å². The number of rotatable bonds is 4. The highest BCUT2D eigenvalue weighted by Gasteiger charge is 2.29. The molecule has 1 amide bonds. The molecule has 6 heteroatoms. The van der Waals surface area contributed by atoms with Crippen LogP contribution in [0.3, 0.4) is 0 Å². The van der Waals surface area contributed by atoms with Crippen molar-refractivity contribution >= 4 is 22.8 Å². The summed E-state index contributed by atoms with van der Waals surface area (Å²) in [6, 6.07) is 15.5. The van der Waals surface area contributed by atoms with E-state index in [1.165, 1.54) is 0 Å². The summed E-state index contributed by atoms with van der Waals surface area (Å²) in [5, 5.41) is 2.84. The van der Waals surface area contributed by atoms with Crippen LogP contribution in [0.25, 0.3) is 11.0 Å². The molecule has 0 atom stereocenters. The van der Waals surface area contributed by atoms with E-state index >= 15 is 0 Å². The number of carbonyl (C=O) groups excluding carboxylic acids is 1. The van der Waals surface area contributed by atoms with Gasteiger partial charge in [0.2, 0.25) is 0 Å². The molecule has 6 nitrogen and oxygen atoms in total. The van der Waals surface area contributed by atoms with Gasteiger partial charge in [0.15, 0.2) is 0 Å². The molecule has 1 saturated heterocycles. The van der Waals surface area contributed by atoms with Crippen molar-refractivity contribution in [3.63, 3.8) is 0 Å².